The van der Waals surface area contributed by atoms with E-state index in [1.54, 1.807) is 19.2 Å². The Balaban J connectivity index is 0.00000264. The first-order chi connectivity index (χ1) is 10.7. The van der Waals surface area contributed by atoms with Crippen molar-refractivity contribution in [2.24, 2.45) is 5.92 Å². The summed E-state index contributed by atoms with van der Waals surface area (Å²) in [5.74, 6) is 0.390. The summed E-state index contributed by atoms with van der Waals surface area (Å²) < 4.78 is 18.2. The number of amides is 1. The quantitative estimate of drug-likeness (QED) is 0.799. The Hall–Kier alpha value is -1.17. The zero-order valence-corrected chi connectivity index (χ0v) is 14.3. The second kappa shape index (κ2) is 10.6. The molecular weight excluding hydrogens is 319 g/mol. The Bertz CT molecular complexity index is 464. The van der Waals surface area contributed by atoms with Gasteiger partial charge in [-0.3, -0.25) is 4.79 Å². The number of carbonyl (C=O) groups excluding carboxylic acids is 1. The summed E-state index contributed by atoms with van der Waals surface area (Å²) in [4.78, 5) is 12.2. The highest BCUT2D eigenvalue weighted by Gasteiger charge is 2.17. The first-order valence-electron chi connectivity index (χ1n) is 7.93. The van der Waals surface area contributed by atoms with Crippen LogP contribution in [0.25, 0.3) is 0 Å². The van der Waals surface area contributed by atoms with Crippen molar-refractivity contribution in [3.63, 3.8) is 0 Å². The van der Waals surface area contributed by atoms with Crippen molar-refractivity contribution in [1.29, 1.82) is 0 Å². The lowest BCUT2D eigenvalue weighted by atomic mass is 9.93. The van der Waals surface area contributed by atoms with Gasteiger partial charge in [-0.05, 0) is 56.0 Å². The second-order valence-corrected chi connectivity index (χ2v) is 5.86. The van der Waals surface area contributed by atoms with Crippen LogP contribution < -0.4 is 10.6 Å². The molecule has 23 heavy (non-hydrogen) atoms. The number of methoxy groups -OCH3 is 1. The molecule has 1 aromatic rings. The predicted octanol–water partition coefficient (Wildman–Crippen LogP) is 2.83. The fourth-order valence-electron chi connectivity index (χ4n) is 2.86. The molecule has 4 nitrogen and oxygen atoms in total. The number of carbonyl (C=O) groups is 1. The van der Waals surface area contributed by atoms with E-state index in [-0.39, 0.29) is 30.2 Å². The molecule has 2 rings (SSSR count). The lowest BCUT2D eigenvalue weighted by Crippen LogP contribution is -2.32. The maximum Gasteiger partial charge on any atom is 0.220 e. The second-order valence-electron chi connectivity index (χ2n) is 5.86. The van der Waals surface area contributed by atoms with Gasteiger partial charge in [0.05, 0.1) is 12.6 Å². The lowest BCUT2D eigenvalue weighted by Gasteiger charge is -2.23. The van der Waals surface area contributed by atoms with Crippen molar-refractivity contribution in [3.05, 3.63) is 35.6 Å². The van der Waals surface area contributed by atoms with Gasteiger partial charge in [0.15, 0.2) is 0 Å². The third-order valence-electron chi connectivity index (χ3n) is 4.18. The third kappa shape index (κ3) is 6.85. The molecule has 0 bridgehead atoms. The fourth-order valence-corrected chi connectivity index (χ4v) is 2.86. The summed E-state index contributed by atoms with van der Waals surface area (Å²) in [5, 5.41) is 6.32. The zero-order valence-electron chi connectivity index (χ0n) is 13.5. The number of nitrogens with one attached hydrogen (secondary N) is 2. The van der Waals surface area contributed by atoms with E-state index in [0.29, 0.717) is 18.9 Å². The summed E-state index contributed by atoms with van der Waals surface area (Å²) in [5.41, 5.74) is 0.860. The van der Waals surface area contributed by atoms with E-state index in [1.165, 1.54) is 12.1 Å². The van der Waals surface area contributed by atoms with Crippen LogP contribution in [0.1, 0.15) is 37.3 Å². The molecule has 6 heteroatoms. The molecule has 0 aromatic heterocycles. The van der Waals surface area contributed by atoms with E-state index >= 15 is 0 Å². The standard InChI is InChI=1S/C17H25FN2O2.ClH/c1-22-12-16(14-3-5-15(18)6-4-14)20-17(21)7-2-13-8-10-19-11-9-13;/h3-6,13,16,19H,2,7-12H2,1H3,(H,20,21);1H. The van der Waals surface area contributed by atoms with Crippen LogP contribution in [0.4, 0.5) is 4.39 Å². The number of rotatable bonds is 7. The zero-order chi connectivity index (χ0) is 15.8. The average Bonchev–Trinajstić information content (AvgIpc) is 2.54. The van der Waals surface area contributed by atoms with Gasteiger partial charge in [-0.1, -0.05) is 12.1 Å². The number of hydrogen-bond acceptors (Lipinski definition) is 3. The van der Waals surface area contributed by atoms with Crippen molar-refractivity contribution in [2.75, 3.05) is 26.8 Å². The molecule has 0 saturated carbocycles. The molecule has 1 saturated heterocycles. The summed E-state index contributed by atoms with van der Waals surface area (Å²) in [6.45, 7) is 2.48. The van der Waals surface area contributed by atoms with Crippen LogP contribution in [0.2, 0.25) is 0 Å². The van der Waals surface area contributed by atoms with Crippen molar-refractivity contribution < 1.29 is 13.9 Å². The summed E-state index contributed by atoms with van der Waals surface area (Å²) in [6, 6.07) is 5.95. The summed E-state index contributed by atoms with van der Waals surface area (Å²) in [6.07, 6.45) is 3.75. The molecule has 130 valence electrons. The Morgan fingerprint density at radius 3 is 2.61 bits per heavy atom. The average molecular weight is 345 g/mol. The molecule has 1 aliphatic heterocycles. The first-order valence-corrected chi connectivity index (χ1v) is 7.93. The van der Waals surface area contributed by atoms with Crippen LogP contribution in [0.15, 0.2) is 24.3 Å². The smallest absolute Gasteiger partial charge is 0.220 e. The van der Waals surface area contributed by atoms with Crippen molar-refractivity contribution >= 4 is 18.3 Å². The minimum atomic E-state index is -0.280. The number of benzene rings is 1. The molecular formula is C17H26ClFN2O2. The topological polar surface area (TPSA) is 50.4 Å². The lowest BCUT2D eigenvalue weighted by molar-refractivity contribution is -0.122. The highest BCUT2D eigenvalue weighted by molar-refractivity contribution is 5.85. The van der Waals surface area contributed by atoms with Crippen LogP contribution in [0, 0.1) is 11.7 Å². The van der Waals surface area contributed by atoms with Gasteiger partial charge < -0.3 is 15.4 Å². The maximum absolute atomic E-state index is 13.0. The van der Waals surface area contributed by atoms with E-state index in [4.69, 9.17) is 4.74 Å². The Kier molecular flexibility index (Phi) is 9.14. The largest absolute Gasteiger partial charge is 0.382 e. The molecule has 0 radical (unpaired) electrons. The molecule has 2 N–H and O–H groups in total. The molecule has 0 aliphatic carbocycles. The van der Waals surface area contributed by atoms with Gasteiger partial charge in [-0.25, -0.2) is 4.39 Å². The minimum Gasteiger partial charge on any atom is -0.382 e. The SMILES string of the molecule is COCC(NC(=O)CCC1CCNCC1)c1ccc(F)cc1.Cl. The molecule has 1 atom stereocenters. The molecule has 1 fully saturated rings. The molecule has 1 heterocycles. The van der Waals surface area contributed by atoms with Gasteiger partial charge in [-0.15, -0.1) is 12.4 Å². The van der Waals surface area contributed by atoms with Crippen LogP contribution >= 0.6 is 12.4 Å². The third-order valence-corrected chi connectivity index (χ3v) is 4.18. The number of hydrogen-bond donors (Lipinski definition) is 2. The van der Waals surface area contributed by atoms with Crippen molar-refractivity contribution in [1.82, 2.24) is 10.6 Å². The van der Waals surface area contributed by atoms with E-state index in [9.17, 15) is 9.18 Å². The molecule has 1 aromatic carbocycles. The molecule has 1 amide bonds. The monoisotopic (exact) mass is 344 g/mol. The van der Waals surface area contributed by atoms with E-state index < -0.39 is 0 Å². The maximum atomic E-state index is 13.0. The van der Waals surface area contributed by atoms with Gasteiger partial charge in [0.2, 0.25) is 5.91 Å². The van der Waals surface area contributed by atoms with Crippen LogP contribution in [0.5, 0.6) is 0 Å². The summed E-state index contributed by atoms with van der Waals surface area (Å²) >= 11 is 0. The van der Waals surface area contributed by atoms with Gasteiger partial charge in [-0.2, -0.15) is 0 Å². The van der Waals surface area contributed by atoms with E-state index in [0.717, 1.165) is 37.9 Å². The Morgan fingerprint density at radius 2 is 2.00 bits per heavy atom. The van der Waals surface area contributed by atoms with Crippen molar-refractivity contribution in [2.45, 2.75) is 31.7 Å². The normalized spacial score (nSPS) is 16.4. The molecule has 1 aliphatic rings. The Labute approximate surface area is 143 Å². The van der Waals surface area contributed by atoms with Crippen LogP contribution in [-0.2, 0) is 9.53 Å². The van der Waals surface area contributed by atoms with Gasteiger partial charge >= 0.3 is 0 Å². The number of piperidine rings is 1. The molecule has 0 spiro atoms. The van der Waals surface area contributed by atoms with Crippen molar-refractivity contribution in [3.8, 4) is 0 Å². The predicted molar refractivity (Wildman–Crippen MR) is 91.2 cm³/mol. The number of ether oxygens (including phenoxy) is 1. The van der Waals surface area contributed by atoms with Crippen LogP contribution in [0.3, 0.4) is 0 Å². The fraction of sp³-hybridized carbons (Fsp3) is 0.588. The minimum absolute atomic E-state index is 0. The summed E-state index contributed by atoms with van der Waals surface area (Å²) in [7, 11) is 1.59. The van der Waals surface area contributed by atoms with Crippen LogP contribution in [-0.4, -0.2) is 32.7 Å². The first kappa shape index (κ1) is 19.9. The highest BCUT2D eigenvalue weighted by atomic mass is 35.5. The number of halogens is 2. The highest BCUT2D eigenvalue weighted by Crippen LogP contribution is 2.19. The van der Waals surface area contributed by atoms with Gasteiger partial charge in [0, 0.05) is 13.5 Å². The van der Waals surface area contributed by atoms with E-state index in [2.05, 4.69) is 10.6 Å². The molecule has 1 unspecified atom stereocenters. The Morgan fingerprint density at radius 1 is 1.35 bits per heavy atom. The van der Waals surface area contributed by atoms with Gasteiger partial charge in [0.25, 0.3) is 0 Å². The van der Waals surface area contributed by atoms with Gasteiger partial charge in [0.1, 0.15) is 5.82 Å². The van der Waals surface area contributed by atoms with E-state index in [1.807, 2.05) is 0 Å².